The van der Waals surface area contributed by atoms with Crippen LogP contribution >= 0.6 is 0 Å². The smallest absolute Gasteiger partial charge is 0.312 e. The fraction of sp³-hybridized carbons (Fsp3) is 0.571. The standard InChI is InChI=1S/C14H20F3NO2S/c1-13(2,3)18-9-6-10-21(19,20)12-8-5-4-7-11(12)14(15,16)17/h4-5,7-8,18H,6,9-10H2,1-3H3. The number of hydrogen-bond donors (Lipinski definition) is 1. The van der Waals surface area contributed by atoms with Gasteiger partial charge in [0.25, 0.3) is 0 Å². The van der Waals surface area contributed by atoms with Crippen molar-refractivity contribution in [2.24, 2.45) is 0 Å². The van der Waals surface area contributed by atoms with Crippen LogP contribution in [0.4, 0.5) is 13.2 Å². The molecule has 1 aromatic rings. The molecule has 0 spiro atoms. The number of hydrogen-bond acceptors (Lipinski definition) is 3. The molecule has 1 rings (SSSR count). The van der Waals surface area contributed by atoms with Gasteiger partial charge >= 0.3 is 6.18 Å². The molecule has 0 saturated heterocycles. The lowest BCUT2D eigenvalue weighted by atomic mass is 10.1. The van der Waals surface area contributed by atoms with Gasteiger partial charge in [-0.3, -0.25) is 0 Å². The lowest BCUT2D eigenvalue weighted by Crippen LogP contribution is -2.37. The Morgan fingerprint density at radius 1 is 1.10 bits per heavy atom. The highest BCUT2D eigenvalue weighted by Crippen LogP contribution is 2.34. The summed E-state index contributed by atoms with van der Waals surface area (Å²) >= 11 is 0. The quantitative estimate of drug-likeness (QED) is 0.846. The summed E-state index contributed by atoms with van der Waals surface area (Å²) in [5.41, 5.74) is -1.26. The summed E-state index contributed by atoms with van der Waals surface area (Å²) < 4.78 is 62.7. The monoisotopic (exact) mass is 323 g/mol. The first-order valence-corrected chi connectivity index (χ1v) is 8.23. The highest BCUT2D eigenvalue weighted by Gasteiger charge is 2.36. The predicted molar refractivity (Wildman–Crippen MR) is 75.9 cm³/mol. The Labute approximate surface area is 123 Å². The van der Waals surface area contributed by atoms with E-state index in [-0.39, 0.29) is 17.7 Å². The first-order chi connectivity index (χ1) is 9.43. The zero-order valence-corrected chi connectivity index (χ0v) is 13.1. The third-order valence-electron chi connectivity index (χ3n) is 2.77. The van der Waals surface area contributed by atoms with Gasteiger partial charge in [-0.25, -0.2) is 8.42 Å². The van der Waals surface area contributed by atoms with E-state index in [2.05, 4.69) is 5.32 Å². The summed E-state index contributed by atoms with van der Waals surface area (Å²) in [6.45, 7) is 6.22. The molecule has 0 aliphatic rings. The summed E-state index contributed by atoms with van der Waals surface area (Å²) in [7, 11) is -3.95. The van der Waals surface area contributed by atoms with Gasteiger partial charge in [-0.1, -0.05) is 12.1 Å². The normalized spacial score (nSPS) is 13.4. The van der Waals surface area contributed by atoms with Crippen LogP contribution in [-0.4, -0.2) is 26.3 Å². The van der Waals surface area contributed by atoms with E-state index in [9.17, 15) is 21.6 Å². The lowest BCUT2D eigenvalue weighted by Gasteiger charge is -2.20. The van der Waals surface area contributed by atoms with Crippen molar-refractivity contribution in [1.82, 2.24) is 5.32 Å². The van der Waals surface area contributed by atoms with Crippen LogP contribution in [0.2, 0.25) is 0 Å². The zero-order chi connectivity index (χ0) is 16.3. The van der Waals surface area contributed by atoms with E-state index < -0.39 is 26.5 Å². The third-order valence-corrected chi connectivity index (χ3v) is 4.62. The summed E-state index contributed by atoms with van der Waals surface area (Å²) in [6, 6.07) is 4.29. The molecule has 21 heavy (non-hydrogen) atoms. The van der Waals surface area contributed by atoms with E-state index in [0.717, 1.165) is 12.1 Å². The van der Waals surface area contributed by atoms with Crippen molar-refractivity contribution in [3.63, 3.8) is 0 Å². The van der Waals surface area contributed by atoms with Gasteiger partial charge in [-0.15, -0.1) is 0 Å². The molecular formula is C14H20F3NO2S. The minimum atomic E-state index is -4.67. The van der Waals surface area contributed by atoms with E-state index >= 15 is 0 Å². The molecule has 0 radical (unpaired) electrons. The van der Waals surface area contributed by atoms with E-state index in [0.29, 0.717) is 6.54 Å². The van der Waals surface area contributed by atoms with Crippen molar-refractivity contribution < 1.29 is 21.6 Å². The molecule has 1 aromatic carbocycles. The average Bonchev–Trinajstić information content (AvgIpc) is 2.33. The van der Waals surface area contributed by atoms with Crippen molar-refractivity contribution in [2.75, 3.05) is 12.3 Å². The third kappa shape index (κ3) is 5.67. The summed E-state index contributed by atoms with van der Waals surface area (Å²) in [4.78, 5) is -0.645. The molecule has 0 aromatic heterocycles. The SMILES string of the molecule is CC(C)(C)NCCCS(=O)(=O)c1ccccc1C(F)(F)F. The average molecular weight is 323 g/mol. The predicted octanol–water partition coefficient (Wildman–Crippen LogP) is 3.26. The van der Waals surface area contributed by atoms with Gasteiger partial charge in [-0.2, -0.15) is 13.2 Å². The molecule has 0 heterocycles. The fourth-order valence-corrected chi connectivity index (χ4v) is 3.36. The second-order valence-electron chi connectivity index (χ2n) is 5.84. The highest BCUT2D eigenvalue weighted by molar-refractivity contribution is 7.91. The molecule has 120 valence electrons. The number of sulfone groups is 1. The Morgan fingerprint density at radius 3 is 2.19 bits per heavy atom. The lowest BCUT2D eigenvalue weighted by molar-refractivity contribution is -0.139. The minimum Gasteiger partial charge on any atom is -0.312 e. The Balaban J connectivity index is 2.85. The van der Waals surface area contributed by atoms with E-state index in [1.807, 2.05) is 20.8 Å². The number of halogens is 3. The number of rotatable bonds is 5. The van der Waals surface area contributed by atoms with Crippen molar-refractivity contribution in [1.29, 1.82) is 0 Å². The number of nitrogens with one attached hydrogen (secondary N) is 1. The molecule has 0 atom stereocenters. The van der Waals surface area contributed by atoms with E-state index in [1.54, 1.807) is 0 Å². The van der Waals surface area contributed by atoms with Crippen molar-refractivity contribution in [3.8, 4) is 0 Å². The van der Waals surface area contributed by atoms with Crippen molar-refractivity contribution in [3.05, 3.63) is 29.8 Å². The molecule has 0 unspecified atom stereocenters. The van der Waals surface area contributed by atoms with Crippen LogP contribution in [0.1, 0.15) is 32.8 Å². The summed E-state index contributed by atoms with van der Waals surface area (Å²) in [5.74, 6) is -0.316. The van der Waals surface area contributed by atoms with Crippen LogP contribution in [0.3, 0.4) is 0 Å². The zero-order valence-electron chi connectivity index (χ0n) is 12.3. The topological polar surface area (TPSA) is 46.2 Å². The maximum atomic E-state index is 12.8. The molecule has 0 fully saturated rings. The van der Waals surface area contributed by atoms with E-state index in [4.69, 9.17) is 0 Å². The molecule has 0 aliphatic heterocycles. The van der Waals surface area contributed by atoms with Gasteiger partial charge in [-0.05, 0) is 45.9 Å². The Morgan fingerprint density at radius 2 is 1.67 bits per heavy atom. The van der Waals surface area contributed by atoms with Gasteiger partial charge in [0.05, 0.1) is 16.2 Å². The Hall–Kier alpha value is -1.08. The summed E-state index contributed by atoms with van der Waals surface area (Å²) in [6.07, 6.45) is -4.42. The summed E-state index contributed by atoms with van der Waals surface area (Å²) in [5, 5.41) is 3.10. The first kappa shape index (κ1) is 18.0. The molecule has 7 heteroatoms. The van der Waals surface area contributed by atoms with Gasteiger partial charge in [0.1, 0.15) is 0 Å². The van der Waals surface area contributed by atoms with Gasteiger partial charge in [0.2, 0.25) is 0 Å². The van der Waals surface area contributed by atoms with Crippen LogP contribution in [-0.2, 0) is 16.0 Å². The van der Waals surface area contributed by atoms with Crippen LogP contribution in [0.25, 0.3) is 0 Å². The second-order valence-corrected chi connectivity index (χ2v) is 7.92. The van der Waals surface area contributed by atoms with Crippen molar-refractivity contribution in [2.45, 2.75) is 43.8 Å². The van der Waals surface area contributed by atoms with E-state index in [1.165, 1.54) is 12.1 Å². The van der Waals surface area contributed by atoms with Crippen molar-refractivity contribution >= 4 is 9.84 Å². The molecule has 0 aliphatic carbocycles. The minimum absolute atomic E-state index is 0.159. The number of benzene rings is 1. The van der Waals surface area contributed by atoms with Gasteiger partial charge in [0.15, 0.2) is 9.84 Å². The molecule has 0 bridgehead atoms. The second kappa shape index (κ2) is 6.36. The van der Waals surface area contributed by atoms with Crippen LogP contribution < -0.4 is 5.32 Å². The van der Waals surface area contributed by atoms with Gasteiger partial charge < -0.3 is 5.32 Å². The first-order valence-electron chi connectivity index (χ1n) is 6.57. The van der Waals surface area contributed by atoms with Crippen LogP contribution in [0, 0.1) is 0 Å². The van der Waals surface area contributed by atoms with Crippen LogP contribution in [0.15, 0.2) is 29.2 Å². The maximum Gasteiger partial charge on any atom is 0.417 e. The van der Waals surface area contributed by atoms with Gasteiger partial charge in [0, 0.05) is 5.54 Å². The molecule has 0 saturated carbocycles. The Kier molecular flexibility index (Phi) is 5.44. The molecular weight excluding hydrogens is 303 g/mol. The molecule has 0 amide bonds. The highest BCUT2D eigenvalue weighted by atomic mass is 32.2. The molecule has 3 nitrogen and oxygen atoms in total. The number of alkyl halides is 3. The largest absolute Gasteiger partial charge is 0.417 e. The maximum absolute atomic E-state index is 12.8. The molecule has 1 N–H and O–H groups in total. The fourth-order valence-electron chi connectivity index (χ4n) is 1.81. The Bertz CT molecular complexity index is 575. The van der Waals surface area contributed by atoms with Crippen LogP contribution in [0.5, 0.6) is 0 Å².